The zero-order valence-corrected chi connectivity index (χ0v) is 15.2. The van der Waals surface area contributed by atoms with Crippen molar-refractivity contribution in [3.05, 3.63) is 53.3 Å². The van der Waals surface area contributed by atoms with Crippen molar-refractivity contribution in [2.24, 2.45) is 0 Å². The van der Waals surface area contributed by atoms with E-state index in [2.05, 4.69) is 55.5 Å². The van der Waals surface area contributed by atoms with Crippen molar-refractivity contribution in [3.8, 4) is 0 Å². The molecule has 0 spiro atoms. The molecule has 24 heavy (non-hydrogen) atoms. The Hall–Kier alpha value is -2.10. The quantitative estimate of drug-likeness (QED) is 0.783. The van der Waals surface area contributed by atoms with Crippen LogP contribution in [0.3, 0.4) is 0 Å². The number of aromatic nitrogens is 2. The average Bonchev–Trinajstić information content (AvgIpc) is 3.02. The van der Waals surface area contributed by atoms with Crippen LogP contribution in [0.15, 0.2) is 36.5 Å². The van der Waals surface area contributed by atoms with E-state index in [0.29, 0.717) is 18.9 Å². The molecule has 2 rings (SSSR count). The molecule has 0 aliphatic carbocycles. The first kappa shape index (κ1) is 18.2. The first-order valence-electron chi connectivity index (χ1n) is 8.92. The summed E-state index contributed by atoms with van der Waals surface area (Å²) in [5.74, 6) is 0.647. The molecule has 0 saturated carbocycles. The van der Waals surface area contributed by atoms with Gasteiger partial charge in [0.15, 0.2) is 0 Å². The maximum atomic E-state index is 12.3. The monoisotopic (exact) mass is 327 g/mol. The van der Waals surface area contributed by atoms with Crippen LogP contribution >= 0.6 is 0 Å². The van der Waals surface area contributed by atoms with Crippen LogP contribution in [-0.4, -0.2) is 15.7 Å². The molecule has 1 N–H and O–H groups in total. The zero-order chi connectivity index (χ0) is 17.5. The molecular formula is C20H29N3O. The van der Waals surface area contributed by atoms with Crippen LogP contribution in [0.2, 0.25) is 0 Å². The van der Waals surface area contributed by atoms with Gasteiger partial charge in [-0.15, -0.1) is 0 Å². The van der Waals surface area contributed by atoms with Crippen molar-refractivity contribution in [2.75, 3.05) is 0 Å². The molecule has 4 heteroatoms. The van der Waals surface area contributed by atoms with Gasteiger partial charge < -0.3 is 5.32 Å². The van der Waals surface area contributed by atoms with Gasteiger partial charge in [-0.05, 0) is 42.9 Å². The Morgan fingerprint density at radius 2 is 1.79 bits per heavy atom. The molecule has 2 unspecified atom stereocenters. The molecule has 0 aliphatic rings. The summed E-state index contributed by atoms with van der Waals surface area (Å²) >= 11 is 0. The molecule has 0 saturated heterocycles. The fourth-order valence-electron chi connectivity index (χ4n) is 2.82. The molecule has 1 heterocycles. The molecular weight excluding hydrogens is 298 g/mol. The van der Waals surface area contributed by atoms with E-state index in [-0.39, 0.29) is 11.9 Å². The molecule has 2 atom stereocenters. The molecule has 0 aliphatic heterocycles. The first-order valence-corrected chi connectivity index (χ1v) is 8.92. The zero-order valence-electron chi connectivity index (χ0n) is 15.2. The Labute approximate surface area is 145 Å². The van der Waals surface area contributed by atoms with Crippen molar-refractivity contribution in [3.63, 3.8) is 0 Å². The summed E-state index contributed by atoms with van der Waals surface area (Å²) < 4.78 is 1.86. The Balaban J connectivity index is 1.93. The average molecular weight is 327 g/mol. The summed E-state index contributed by atoms with van der Waals surface area (Å²) in [6.07, 6.45) is 4.24. The van der Waals surface area contributed by atoms with Crippen molar-refractivity contribution in [2.45, 2.75) is 65.5 Å². The molecule has 0 bridgehead atoms. The van der Waals surface area contributed by atoms with Crippen molar-refractivity contribution in [1.82, 2.24) is 15.1 Å². The number of nitrogens with zero attached hydrogens (tertiary/aromatic N) is 2. The van der Waals surface area contributed by atoms with Gasteiger partial charge in [0.25, 0.3) is 0 Å². The highest BCUT2D eigenvalue weighted by Crippen LogP contribution is 2.22. The van der Waals surface area contributed by atoms with Gasteiger partial charge in [-0.1, -0.05) is 45.0 Å². The minimum atomic E-state index is 0.0715. The molecule has 0 fully saturated rings. The Kier molecular flexibility index (Phi) is 6.59. The molecule has 4 nitrogen and oxygen atoms in total. The van der Waals surface area contributed by atoms with E-state index in [0.717, 1.165) is 18.5 Å². The third-order valence-electron chi connectivity index (χ3n) is 4.74. The number of amides is 1. The number of aryl methyl sites for hydroxylation is 2. The fraction of sp³-hybridized carbons (Fsp3) is 0.500. The number of hydrogen-bond acceptors (Lipinski definition) is 2. The SMILES string of the molecule is CCC(C)c1ccc(C(CC)NC(=O)CCn2nccc2C)cc1. The molecule has 130 valence electrons. The number of carbonyl (C=O) groups is 1. The predicted octanol–water partition coefficient (Wildman–Crippen LogP) is 4.36. The van der Waals surface area contributed by atoms with Crippen LogP contribution < -0.4 is 5.32 Å². The predicted molar refractivity (Wildman–Crippen MR) is 97.9 cm³/mol. The lowest BCUT2D eigenvalue weighted by Gasteiger charge is -2.19. The summed E-state index contributed by atoms with van der Waals surface area (Å²) in [7, 11) is 0. The van der Waals surface area contributed by atoms with Crippen molar-refractivity contribution < 1.29 is 4.79 Å². The van der Waals surface area contributed by atoms with Gasteiger partial charge in [-0.3, -0.25) is 9.48 Å². The summed E-state index contributed by atoms with van der Waals surface area (Å²) in [6.45, 7) is 9.16. The van der Waals surface area contributed by atoms with Gasteiger partial charge in [0.2, 0.25) is 5.91 Å². The largest absolute Gasteiger partial charge is 0.349 e. The van der Waals surface area contributed by atoms with Gasteiger partial charge in [0, 0.05) is 24.9 Å². The lowest BCUT2D eigenvalue weighted by Crippen LogP contribution is -2.29. The molecule has 0 radical (unpaired) electrons. The van der Waals surface area contributed by atoms with Crippen molar-refractivity contribution >= 4 is 5.91 Å². The van der Waals surface area contributed by atoms with E-state index in [1.807, 2.05) is 17.7 Å². The molecule has 2 aromatic rings. The van der Waals surface area contributed by atoms with Gasteiger partial charge in [0.1, 0.15) is 0 Å². The lowest BCUT2D eigenvalue weighted by atomic mass is 9.95. The molecule has 1 aromatic carbocycles. The second-order valence-corrected chi connectivity index (χ2v) is 6.45. The second-order valence-electron chi connectivity index (χ2n) is 6.45. The standard InChI is InChI=1S/C20H29N3O/c1-5-15(3)17-7-9-18(10-8-17)19(6-2)22-20(24)12-14-23-16(4)11-13-21-23/h7-11,13,15,19H,5-6,12,14H2,1-4H3,(H,22,24). The van der Waals surface area contributed by atoms with Crippen LogP contribution in [-0.2, 0) is 11.3 Å². The van der Waals surface area contributed by atoms with Crippen LogP contribution in [0.25, 0.3) is 0 Å². The summed E-state index contributed by atoms with van der Waals surface area (Å²) in [6, 6.07) is 10.7. The van der Waals surface area contributed by atoms with E-state index in [1.54, 1.807) is 6.20 Å². The van der Waals surface area contributed by atoms with E-state index in [4.69, 9.17) is 0 Å². The third-order valence-corrected chi connectivity index (χ3v) is 4.74. The van der Waals surface area contributed by atoms with Crippen LogP contribution in [0.4, 0.5) is 0 Å². The van der Waals surface area contributed by atoms with Gasteiger partial charge in [-0.2, -0.15) is 5.10 Å². The number of rotatable bonds is 8. The highest BCUT2D eigenvalue weighted by Gasteiger charge is 2.13. The minimum Gasteiger partial charge on any atom is -0.349 e. The van der Waals surface area contributed by atoms with E-state index >= 15 is 0 Å². The molecule has 1 aromatic heterocycles. The maximum absolute atomic E-state index is 12.3. The highest BCUT2D eigenvalue weighted by molar-refractivity contribution is 5.76. The van der Waals surface area contributed by atoms with E-state index in [1.165, 1.54) is 11.1 Å². The van der Waals surface area contributed by atoms with E-state index < -0.39 is 0 Å². The fourth-order valence-corrected chi connectivity index (χ4v) is 2.82. The second kappa shape index (κ2) is 8.67. The number of benzene rings is 1. The highest BCUT2D eigenvalue weighted by atomic mass is 16.1. The maximum Gasteiger partial charge on any atom is 0.222 e. The number of nitrogens with one attached hydrogen (secondary N) is 1. The number of carbonyl (C=O) groups excluding carboxylic acids is 1. The molecule has 1 amide bonds. The summed E-state index contributed by atoms with van der Waals surface area (Å²) in [5, 5.41) is 7.36. The van der Waals surface area contributed by atoms with Crippen LogP contribution in [0, 0.1) is 6.92 Å². The van der Waals surface area contributed by atoms with Gasteiger partial charge >= 0.3 is 0 Å². The smallest absolute Gasteiger partial charge is 0.222 e. The summed E-state index contributed by atoms with van der Waals surface area (Å²) in [4.78, 5) is 12.3. The lowest BCUT2D eigenvalue weighted by molar-refractivity contribution is -0.122. The van der Waals surface area contributed by atoms with Gasteiger partial charge in [0.05, 0.1) is 6.04 Å². The van der Waals surface area contributed by atoms with Crippen molar-refractivity contribution in [1.29, 1.82) is 0 Å². The number of hydrogen-bond donors (Lipinski definition) is 1. The van der Waals surface area contributed by atoms with Crippen LogP contribution in [0.1, 0.15) is 68.8 Å². The Bertz CT molecular complexity index is 645. The third kappa shape index (κ3) is 4.70. The topological polar surface area (TPSA) is 46.9 Å². The summed E-state index contributed by atoms with van der Waals surface area (Å²) in [5.41, 5.74) is 3.61. The first-order chi connectivity index (χ1) is 11.5. The Morgan fingerprint density at radius 1 is 1.12 bits per heavy atom. The minimum absolute atomic E-state index is 0.0715. The van der Waals surface area contributed by atoms with Crippen LogP contribution in [0.5, 0.6) is 0 Å². The van der Waals surface area contributed by atoms with Gasteiger partial charge in [-0.25, -0.2) is 0 Å². The normalized spacial score (nSPS) is 13.5. The Morgan fingerprint density at radius 3 is 2.33 bits per heavy atom. The van der Waals surface area contributed by atoms with E-state index in [9.17, 15) is 4.79 Å².